The first-order chi connectivity index (χ1) is 7.76. The maximum absolute atomic E-state index is 8.75. The number of nitrogens with zero attached hydrogens (tertiary/aromatic N) is 4. The van der Waals surface area contributed by atoms with E-state index in [4.69, 9.17) is 10.5 Å². The van der Waals surface area contributed by atoms with Crippen LogP contribution in [0.4, 0.5) is 0 Å². The van der Waals surface area contributed by atoms with Crippen LogP contribution >= 0.6 is 27.7 Å². The van der Waals surface area contributed by atoms with Crippen molar-refractivity contribution in [1.82, 2.24) is 8.75 Å². The summed E-state index contributed by atoms with van der Waals surface area (Å²) in [5.41, 5.74) is 2.45. The molecule has 0 atom stereocenters. The average molecular weight is 293 g/mol. The summed E-state index contributed by atoms with van der Waals surface area (Å²) in [5, 5.41) is 17.5. The Morgan fingerprint density at radius 2 is 1.94 bits per heavy atom. The fourth-order valence-electron chi connectivity index (χ4n) is 1.39. The summed E-state index contributed by atoms with van der Waals surface area (Å²) in [6.07, 6.45) is 0.391. The Kier molecular flexibility index (Phi) is 3.14. The third-order valence-electron chi connectivity index (χ3n) is 2.19. The van der Waals surface area contributed by atoms with Crippen LogP contribution < -0.4 is 0 Å². The van der Waals surface area contributed by atoms with E-state index >= 15 is 0 Å². The molecule has 0 saturated heterocycles. The van der Waals surface area contributed by atoms with Crippen molar-refractivity contribution >= 4 is 38.7 Å². The van der Waals surface area contributed by atoms with Gasteiger partial charge in [-0.15, -0.1) is 0 Å². The van der Waals surface area contributed by atoms with Crippen LogP contribution in [0.3, 0.4) is 0 Å². The first-order valence-electron chi connectivity index (χ1n) is 4.45. The highest BCUT2D eigenvalue weighted by atomic mass is 79.9. The van der Waals surface area contributed by atoms with E-state index in [9.17, 15) is 0 Å². The lowest BCUT2D eigenvalue weighted by molar-refractivity contribution is 0.838. The number of hydrogen-bond donors (Lipinski definition) is 0. The summed E-state index contributed by atoms with van der Waals surface area (Å²) >= 11 is 4.51. The minimum atomic E-state index is -0.633. The second-order valence-corrected chi connectivity index (χ2v) is 4.57. The van der Waals surface area contributed by atoms with Crippen LogP contribution in [0, 0.1) is 28.6 Å². The van der Waals surface area contributed by atoms with Crippen LogP contribution in [0.15, 0.2) is 16.6 Å². The summed E-state index contributed by atoms with van der Waals surface area (Å²) in [4.78, 5) is 0. The molecule has 1 aromatic heterocycles. The Labute approximate surface area is 105 Å². The fourth-order valence-corrected chi connectivity index (χ4v) is 2.51. The summed E-state index contributed by atoms with van der Waals surface area (Å²) in [6, 6.07) is 7.64. The van der Waals surface area contributed by atoms with Gasteiger partial charge in [0, 0.05) is 10.9 Å². The molecule has 0 radical (unpaired) electrons. The highest BCUT2D eigenvalue weighted by Crippen LogP contribution is 2.26. The summed E-state index contributed by atoms with van der Waals surface area (Å²) in [6.45, 7) is 0. The van der Waals surface area contributed by atoms with E-state index in [2.05, 4.69) is 24.7 Å². The first-order valence-corrected chi connectivity index (χ1v) is 5.97. The molecule has 4 nitrogen and oxygen atoms in total. The van der Waals surface area contributed by atoms with Crippen molar-refractivity contribution in [3.8, 4) is 12.1 Å². The second-order valence-electron chi connectivity index (χ2n) is 3.18. The number of nitriles is 2. The van der Waals surface area contributed by atoms with E-state index in [-0.39, 0.29) is 0 Å². The normalized spacial score (nSPS) is 10.2. The van der Waals surface area contributed by atoms with E-state index in [1.54, 1.807) is 0 Å². The van der Waals surface area contributed by atoms with Crippen LogP contribution in [0.5, 0.6) is 0 Å². The Bertz CT molecular complexity index is 593. The van der Waals surface area contributed by atoms with Crippen LogP contribution in [-0.4, -0.2) is 8.75 Å². The van der Waals surface area contributed by atoms with Gasteiger partial charge < -0.3 is 0 Å². The molecule has 2 aromatic rings. The van der Waals surface area contributed by atoms with Crippen LogP contribution in [0.25, 0.3) is 11.0 Å². The molecule has 1 heterocycles. The van der Waals surface area contributed by atoms with Gasteiger partial charge in [-0.25, -0.2) is 0 Å². The SMILES string of the molecule is N#CC(C#N)Cc1ccc(Br)c2nsnc12. The largest absolute Gasteiger partial charge is 0.197 e. The Morgan fingerprint density at radius 1 is 1.25 bits per heavy atom. The van der Waals surface area contributed by atoms with E-state index < -0.39 is 5.92 Å². The van der Waals surface area contributed by atoms with Crippen molar-refractivity contribution < 1.29 is 0 Å². The number of benzene rings is 1. The lowest BCUT2D eigenvalue weighted by Crippen LogP contribution is -1.99. The summed E-state index contributed by atoms with van der Waals surface area (Å²) in [5.74, 6) is -0.633. The van der Waals surface area contributed by atoms with Crippen LogP contribution in [0.1, 0.15) is 5.56 Å². The molecule has 0 aliphatic rings. The molecule has 0 aliphatic heterocycles. The Hall–Kier alpha value is -1.50. The predicted molar refractivity (Wildman–Crippen MR) is 63.5 cm³/mol. The molecule has 0 unspecified atom stereocenters. The molecule has 16 heavy (non-hydrogen) atoms. The maximum atomic E-state index is 8.75. The molecule has 78 valence electrons. The molecule has 0 spiro atoms. The molecule has 0 amide bonds. The van der Waals surface area contributed by atoms with Gasteiger partial charge in [0.2, 0.25) is 0 Å². The average Bonchev–Trinajstić information content (AvgIpc) is 2.78. The minimum absolute atomic E-state index is 0.391. The lowest BCUT2D eigenvalue weighted by Gasteiger charge is -2.02. The van der Waals surface area contributed by atoms with E-state index in [1.165, 1.54) is 0 Å². The van der Waals surface area contributed by atoms with Crippen molar-refractivity contribution in [3.63, 3.8) is 0 Å². The number of rotatable bonds is 2. The van der Waals surface area contributed by atoms with E-state index in [0.29, 0.717) is 6.42 Å². The standard InChI is InChI=1S/C10H5BrN4S/c11-8-2-1-7(3-6(4-12)5-13)9-10(8)15-16-14-9/h1-2,6H,3H2. The maximum Gasteiger partial charge on any atom is 0.137 e. The second kappa shape index (κ2) is 4.56. The van der Waals surface area contributed by atoms with Crippen molar-refractivity contribution in [1.29, 1.82) is 10.5 Å². The number of fused-ring (bicyclic) bond motifs is 1. The van der Waals surface area contributed by atoms with Gasteiger partial charge in [0.15, 0.2) is 0 Å². The summed E-state index contributed by atoms with van der Waals surface area (Å²) < 4.78 is 9.22. The van der Waals surface area contributed by atoms with Gasteiger partial charge in [-0.3, -0.25) is 0 Å². The van der Waals surface area contributed by atoms with E-state index in [1.807, 2.05) is 24.3 Å². The highest BCUT2D eigenvalue weighted by Gasteiger charge is 2.13. The molecule has 0 fully saturated rings. The number of aromatic nitrogens is 2. The van der Waals surface area contributed by atoms with Gasteiger partial charge in [0.25, 0.3) is 0 Å². The van der Waals surface area contributed by atoms with E-state index in [0.717, 1.165) is 32.8 Å². The molecule has 6 heteroatoms. The molecular formula is C10H5BrN4S. The molecule has 0 saturated carbocycles. The predicted octanol–water partition coefficient (Wildman–Crippen LogP) is 2.66. The van der Waals surface area contributed by atoms with Gasteiger partial charge in [-0.2, -0.15) is 19.3 Å². The van der Waals surface area contributed by atoms with Gasteiger partial charge in [0.1, 0.15) is 17.0 Å². The van der Waals surface area contributed by atoms with Gasteiger partial charge in [0.05, 0.1) is 23.9 Å². The molecule has 0 aliphatic carbocycles. The Balaban J connectivity index is 2.47. The number of halogens is 1. The smallest absolute Gasteiger partial charge is 0.137 e. The topological polar surface area (TPSA) is 73.4 Å². The molecule has 0 bridgehead atoms. The summed E-state index contributed by atoms with van der Waals surface area (Å²) in [7, 11) is 0. The highest BCUT2D eigenvalue weighted by molar-refractivity contribution is 9.10. The van der Waals surface area contributed by atoms with Crippen molar-refractivity contribution in [3.05, 3.63) is 22.2 Å². The monoisotopic (exact) mass is 292 g/mol. The first kappa shape index (κ1) is 11.0. The molecule has 0 N–H and O–H groups in total. The fraction of sp³-hybridized carbons (Fsp3) is 0.200. The zero-order valence-electron chi connectivity index (χ0n) is 8.01. The molecular weight excluding hydrogens is 288 g/mol. The zero-order valence-corrected chi connectivity index (χ0v) is 10.4. The Morgan fingerprint density at radius 3 is 2.62 bits per heavy atom. The van der Waals surface area contributed by atoms with Gasteiger partial charge >= 0.3 is 0 Å². The van der Waals surface area contributed by atoms with Gasteiger partial charge in [-0.05, 0) is 27.6 Å². The van der Waals surface area contributed by atoms with Crippen LogP contribution in [-0.2, 0) is 6.42 Å². The lowest BCUT2D eigenvalue weighted by atomic mass is 10.0. The molecule has 2 rings (SSSR count). The van der Waals surface area contributed by atoms with Crippen LogP contribution in [0.2, 0.25) is 0 Å². The third-order valence-corrected chi connectivity index (χ3v) is 3.35. The minimum Gasteiger partial charge on any atom is -0.197 e. The van der Waals surface area contributed by atoms with Crippen molar-refractivity contribution in [2.45, 2.75) is 6.42 Å². The third kappa shape index (κ3) is 1.90. The van der Waals surface area contributed by atoms with Crippen molar-refractivity contribution in [2.75, 3.05) is 0 Å². The zero-order chi connectivity index (χ0) is 11.5. The van der Waals surface area contributed by atoms with Crippen molar-refractivity contribution in [2.24, 2.45) is 5.92 Å². The quantitative estimate of drug-likeness (QED) is 0.853. The number of hydrogen-bond acceptors (Lipinski definition) is 5. The van der Waals surface area contributed by atoms with Gasteiger partial charge in [-0.1, -0.05) is 6.07 Å². The molecule has 1 aromatic carbocycles.